The first kappa shape index (κ1) is 18.2. The van der Waals surface area contributed by atoms with Crippen molar-refractivity contribution >= 4 is 40.1 Å². The van der Waals surface area contributed by atoms with Gasteiger partial charge in [-0.25, -0.2) is 9.78 Å². The Kier molecular flexibility index (Phi) is 6.05. The molecule has 1 fully saturated rings. The van der Waals surface area contributed by atoms with Crippen molar-refractivity contribution in [2.75, 3.05) is 30.5 Å². The van der Waals surface area contributed by atoms with E-state index in [9.17, 15) is 9.59 Å². The van der Waals surface area contributed by atoms with Gasteiger partial charge in [0.15, 0.2) is 5.13 Å². The number of thioether (sulfide) groups is 1. The fraction of sp³-hybridized carbons (Fsp3) is 0.667. The number of hydrogen-bond acceptors (Lipinski definition) is 7. The Morgan fingerprint density at radius 3 is 2.74 bits per heavy atom. The van der Waals surface area contributed by atoms with E-state index in [1.165, 1.54) is 18.4 Å². The molecule has 2 rings (SSSR count). The van der Waals surface area contributed by atoms with E-state index < -0.39 is 5.97 Å². The summed E-state index contributed by atoms with van der Waals surface area (Å²) in [7, 11) is 1.35. The zero-order valence-corrected chi connectivity index (χ0v) is 15.5. The van der Waals surface area contributed by atoms with Gasteiger partial charge in [0.25, 0.3) is 0 Å². The van der Waals surface area contributed by atoms with Gasteiger partial charge in [0, 0.05) is 35.9 Å². The van der Waals surface area contributed by atoms with E-state index in [0.29, 0.717) is 22.1 Å². The number of hydrogen-bond donors (Lipinski definition) is 2. The highest BCUT2D eigenvalue weighted by Gasteiger charge is 2.28. The van der Waals surface area contributed by atoms with E-state index >= 15 is 0 Å². The van der Waals surface area contributed by atoms with Crippen LogP contribution in [0.1, 0.15) is 42.6 Å². The smallest absolute Gasteiger partial charge is 0.350 e. The van der Waals surface area contributed by atoms with Crippen LogP contribution in [0, 0.1) is 0 Å². The highest BCUT2D eigenvalue weighted by atomic mass is 32.2. The van der Waals surface area contributed by atoms with Crippen LogP contribution < -0.4 is 10.6 Å². The van der Waals surface area contributed by atoms with Gasteiger partial charge in [-0.3, -0.25) is 4.79 Å². The summed E-state index contributed by atoms with van der Waals surface area (Å²) in [5, 5.41) is 6.59. The highest BCUT2D eigenvalue weighted by molar-refractivity contribution is 7.99. The number of carbonyl (C=O) groups excluding carboxylic acids is 2. The lowest BCUT2D eigenvalue weighted by atomic mass is 9.91. The summed E-state index contributed by atoms with van der Waals surface area (Å²) in [5.74, 6) is 1.52. The molecule has 1 aliphatic rings. The van der Waals surface area contributed by atoms with Crippen LogP contribution in [0.2, 0.25) is 0 Å². The molecule has 1 aromatic rings. The summed E-state index contributed by atoms with van der Waals surface area (Å²) < 4.78 is 4.82. The van der Waals surface area contributed by atoms with Crippen molar-refractivity contribution in [2.45, 2.75) is 38.6 Å². The molecule has 1 unspecified atom stereocenters. The number of anilines is 1. The molecule has 0 spiro atoms. The van der Waals surface area contributed by atoms with Crippen molar-refractivity contribution in [2.24, 2.45) is 0 Å². The largest absolute Gasteiger partial charge is 0.465 e. The first-order chi connectivity index (χ1) is 10.8. The standard InChI is InChI=1S/C15H23N3O3S2/c1-15(2,3)12-11(13(20)21-4)23-14(18-12)17-10(19)7-9-8-22-6-5-16-9/h9,16H,5-8H2,1-4H3,(H,17,18,19). The van der Waals surface area contributed by atoms with E-state index in [4.69, 9.17) is 4.74 Å². The Labute approximate surface area is 144 Å². The van der Waals surface area contributed by atoms with Gasteiger partial charge in [-0.2, -0.15) is 11.8 Å². The predicted molar refractivity (Wildman–Crippen MR) is 94.5 cm³/mol. The third-order valence-electron chi connectivity index (χ3n) is 3.38. The van der Waals surface area contributed by atoms with Crippen LogP contribution in [-0.4, -0.2) is 48.1 Å². The van der Waals surface area contributed by atoms with Crippen LogP contribution in [0.15, 0.2) is 0 Å². The van der Waals surface area contributed by atoms with Gasteiger partial charge >= 0.3 is 5.97 Å². The summed E-state index contributed by atoms with van der Waals surface area (Å²) in [6, 6.07) is 0.191. The second-order valence-corrected chi connectivity index (χ2v) is 8.57. The van der Waals surface area contributed by atoms with Crippen LogP contribution in [0.3, 0.4) is 0 Å². The zero-order chi connectivity index (χ0) is 17.0. The number of methoxy groups -OCH3 is 1. The molecule has 128 valence electrons. The molecule has 0 aliphatic carbocycles. The molecular formula is C15H23N3O3S2. The third-order valence-corrected chi connectivity index (χ3v) is 5.47. The minimum Gasteiger partial charge on any atom is -0.465 e. The summed E-state index contributed by atoms with van der Waals surface area (Å²) >= 11 is 3.02. The molecule has 1 aromatic heterocycles. The average Bonchev–Trinajstić information content (AvgIpc) is 2.91. The second-order valence-electron chi connectivity index (χ2n) is 6.42. The molecule has 6 nitrogen and oxygen atoms in total. The van der Waals surface area contributed by atoms with Gasteiger partial charge in [0.05, 0.1) is 12.8 Å². The molecule has 1 amide bonds. The minimum absolute atomic E-state index is 0.0874. The molecule has 0 bridgehead atoms. The number of esters is 1. The van der Waals surface area contributed by atoms with Crippen molar-refractivity contribution < 1.29 is 14.3 Å². The summed E-state index contributed by atoms with van der Waals surface area (Å²) in [6.07, 6.45) is 0.408. The monoisotopic (exact) mass is 357 g/mol. The van der Waals surface area contributed by atoms with Crippen LogP contribution in [0.25, 0.3) is 0 Å². The maximum atomic E-state index is 12.2. The minimum atomic E-state index is -0.418. The first-order valence-electron chi connectivity index (χ1n) is 7.52. The van der Waals surface area contributed by atoms with Crippen LogP contribution >= 0.6 is 23.1 Å². The summed E-state index contributed by atoms with van der Waals surface area (Å²) in [6.45, 7) is 6.86. The van der Waals surface area contributed by atoms with E-state index in [0.717, 1.165) is 18.1 Å². The highest BCUT2D eigenvalue weighted by Crippen LogP contribution is 2.32. The van der Waals surface area contributed by atoms with Crippen molar-refractivity contribution in [1.82, 2.24) is 10.3 Å². The Morgan fingerprint density at radius 1 is 1.43 bits per heavy atom. The molecule has 1 atom stereocenters. The van der Waals surface area contributed by atoms with Gasteiger partial charge in [0.1, 0.15) is 4.88 Å². The number of aromatic nitrogens is 1. The third kappa shape index (κ3) is 4.92. The van der Waals surface area contributed by atoms with E-state index in [1.807, 2.05) is 32.5 Å². The average molecular weight is 358 g/mol. The predicted octanol–water partition coefficient (Wildman–Crippen LogP) is 2.26. The number of carbonyl (C=O) groups is 2. The van der Waals surface area contributed by atoms with Gasteiger partial charge in [-0.05, 0) is 0 Å². The Morgan fingerprint density at radius 2 is 2.17 bits per heavy atom. The van der Waals surface area contributed by atoms with Crippen molar-refractivity contribution in [1.29, 1.82) is 0 Å². The topological polar surface area (TPSA) is 80.3 Å². The zero-order valence-electron chi connectivity index (χ0n) is 13.9. The Hall–Kier alpha value is -1.12. The van der Waals surface area contributed by atoms with Crippen molar-refractivity contribution in [3.63, 3.8) is 0 Å². The second kappa shape index (κ2) is 7.63. The van der Waals surface area contributed by atoms with Crippen LogP contribution in [0.5, 0.6) is 0 Å². The molecule has 1 saturated heterocycles. The first-order valence-corrected chi connectivity index (χ1v) is 9.49. The van der Waals surface area contributed by atoms with Gasteiger partial charge < -0.3 is 15.4 Å². The maximum Gasteiger partial charge on any atom is 0.350 e. The maximum absolute atomic E-state index is 12.2. The molecule has 2 heterocycles. The lowest BCUT2D eigenvalue weighted by molar-refractivity contribution is -0.116. The molecule has 0 aromatic carbocycles. The quantitative estimate of drug-likeness (QED) is 0.805. The van der Waals surface area contributed by atoms with Gasteiger partial charge in [-0.1, -0.05) is 32.1 Å². The molecule has 23 heavy (non-hydrogen) atoms. The number of thiazole rings is 1. The fourth-order valence-electron chi connectivity index (χ4n) is 2.26. The number of ether oxygens (including phenoxy) is 1. The lowest BCUT2D eigenvalue weighted by Gasteiger charge is -2.22. The fourth-order valence-corrected chi connectivity index (χ4v) is 4.32. The number of rotatable bonds is 4. The summed E-state index contributed by atoms with van der Waals surface area (Å²) in [5.41, 5.74) is 0.348. The van der Waals surface area contributed by atoms with Crippen molar-refractivity contribution in [3.05, 3.63) is 10.6 Å². The van der Waals surface area contributed by atoms with Crippen LogP contribution in [-0.2, 0) is 14.9 Å². The van der Waals surface area contributed by atoms with E-state index in [-0.39, 0.29) is 17.4 Å². The van der Waals surface area contributed by atoms with Gasteiger partial charge in [0.2, 0.25) is 5.91 Å². The Bertz CT molecular complexity index is 575. The van der Waals surface area contributed by atoms with Crippen LogP contribution in [0.4, 0.5) is 5.13 Å². The molecule has 8 heteroatoms. The summed E-state index contributed by atoms with van der Waals surface area (Å²) in [4.78, 5) is 29.0. The molecule has 0 saturated carbocycles. The SMILES string of the molecule is COC(=O)c1sc(NC(=O)CC2CSCCN2)nc1C(C)(C)C. The molecule has 2 N–H and O–H groups in total. The molecule has 0 radical (unpaired) electrons. The van der Waals surface area contributed by atoms with Crippen molar-refractivity contribution in [3.8, 4) is 0 Å². The molecule has 1 aliphatic heterocycles. The lowest BCUT2D eigenvalue weighted by Crippen LogP contribution is -2.39. The Balaban J connectivity index is 2.08. The number of nitrogens with one attached hydrogen (secondary N) is 2. The normalized spacial score (nSPS) is 18.5. The number of amides is 1. The van der Waals surface area contributed by atoms with E-state index in [1.54, 1.807) is 0 Å². The van der Waals surface area contributed by atoms with E-state index in [2.05, 4.69) is 15.6 Å². The molecular weight excluding hydrogens is 334 g/mol. The van der Waals surface area contributed by atoms with Gasteiger partial charge in [-0.15, -0.1) is 0 Å². The number of nitrogens with zero attached hydrogens (tertiary/aromatic N) is 1.